The van der Waals surface area contributed by atoms with Gasteiger partial charge in [-0.15, -0.1) is 0 Å². The molecule has 2 aromatic carbocycles. The maximum atomic E-state index is 13.3. The van der Waals surface area contributed by atoms with Crippen molar-refractivity contribution >= 4 is 5.69 Å². The van der Waals surface area contributed by atoms with Crippen LogP contribution in [0.3, 0.4) is 0 Å². The molecule has 0 aliphatic heterocycles. The Morgan fingerprint density at radius 1 is 1.05 bits per heavy atom. The number of anilines is 1. The van der Waals surface area contributed by atoms with E-state index in [0.29, 0.717) is 0 Å². The van der Waals surface area contributed by atoms with E-state index in [9.17, 15) is 8.78 Å². The minimum atomic E-state index is -0.263. The molecule has 4 heteroatoms. The van der Waals surface area contributed by atoms with Gasteiger partial charge in [-0.1, -0.05) is 18.2 Å². The first-order valence-electron chi connectivity index (χ1n) is 7.11. The van der Waals surface area contributed by atoms with Gasteiger partial charge < -0.3 is 10.6 Å². The van der Waals surface area contributed by atoms with Gasteiger partial charge in [0.1, 0.15) is 11.6 Å². The first-order chi connectivity index (χ1) is 10.1. The highest BCUT2D eigenvalue weighted by atomic mass is 19.1. The molecule has 0 bridgehead atoms. The lowest BCUT2D eigenvalue weighted by Gasteiger charge is -2.25. The summed E-state index contributed by atoms with van der Waals surface area (Å²) < 4.78 is 26.2. The largest absolute Gasteiger partial charge is 0.372 e. The lowest BCUT2D eigenvalue weighted by Crippen LogP contribution is -2.27. The Morgan fingerprint density at radius 2 is 1.76 bits per heavy atom. The van der Waals surface area contributed by atoms with Gasteiger partial charge in [0.25, 0.3) is 0 Å². The molecule has 0 amide bonds. The highest BCUT2D eigenvalue weighted by Crippen LogP contribution is 2.19. The molecule has 2 aromatic rings. The van der Waals surface area contributed by atoms with E-state index in [4.69, 9.17) is 5.73 Å². The van der Waals surface area contributed by atoms with Crippen molar-refractivity contribution in [2.45, 2.75) is 19.4 Å². The van der Waals surface area contributed by atoms with Gasteiger partial charge in [0.2, 0.25) is 0 Å². The van der Waals surface area contributed by atoms with Crippen LogP contribution in [0.1, 0.15) is 24.9 Å². The van der Waals surface area contributed by atoms with Crippen molar-refractivity contribution in [1.29, 1.82) is 0 Å². The van der Waals surface area contributed by atoms with Crippen LogP contribution >= 0.6 is 0 Å². The second-order valence-electron chi connectivity index (χ2n) is 5.01. The summed E-state index contributed by atoms with van der Waals surface area (Å²) in [4.78, 5) is 2.08. The number of benzene rings is 2. The van der Waals surface area contributed by atoms with Gasteiger partial charge in [-0.25, -0.2) is 8.78 Å². The second-order valence-corrected chi connectivity index (χ2v) is 5.01. The van der Waals surface area contributed by atoms with Crippen molar-refractivity contribution < 1.29 is 8.78 Å². The van der Waals surface area contributed by atoms with Crippen LogP contribution in [-0.2, 0) is 0 Å². The molecule has 2 nitrogen and oxygen atoms in total. The van der Waals surface area contributed by atoms with Crippen LogP contribution in [0.25, 0.3) is 0 Å². The smallest absolute Gasteiger partial charge is 0.125 e. The zero-order valence-electron chi connectivity index (χ0n) is 12.1. The third-order valence-corrected chi connectivity index (χ3v) is 3.56. The van der Waals surface area contributed by atoms with E-state index in [1.165, 1.54) is 24.3 Å². The molecule has 0 saturated heterocycles. The fraction of sp³-hybridized carbons (Fsp3) is 0.294. The predicted octanol–water partition coefficient (Wildman–Crippen LogP) is 3.88. The summed E-state index contributed by atoms with van der Waals surface area (Å²) in [5, 5.41) is 0. The normalized spacial score (nSPS) is 12.2. The topological polar surface area (TPSA) is 29.3 Å². The maximum Gasteiger partial charge on any atom is 0.125 e. The van der Waals surface area contributed by atoms with E-state index in [-0.39, 0.29) is 17.7 Å². The Balaban J connectivity index is 1.98. The summed E-state index contributed by atoms with van der Waals surface area (Å²) in [5.41, 5.74) is 7.89. The summed E-state index contributed by atoms with van der Waals surface area (Å²) in [6, 6.07) is 12.6. The highest BCUT2D eigenvalue weighted by Gasteiger charge is 2.10. The lowest BCUT2D eigenvalue weighted by atomic mass is 10.0. The van der Waals surface area contributed by atoms with E-state index >= 15 is 0 Å². The number of rotatable bonds is 6. The van der Waals surface area contributed by atoms with Crippen LogP contribution in [0.2, 0.25) is 0 Å². The van der Waals surface area contributed by atoms with E-state index in [1.54, 1.807) is 18.2 Å². The zero-order chi connectivity index (χ0) is 15.2. The Labute approximate surface area is 124 Å². The lowest BCUT2D eigenvalue weighted by molar-refractivity contribution is 0.611. The fourth-order valence-electron chi connectivity index (χ4n) is 2.31. The van der Waals surface area contributed by atoms with E-state index in [2.05, 4.69) is 4.90 Å². The first kappa shape index (κ1) is 15.4. The number of hydrogen-bond acceptors (Lipinski definition) is 2. The monoisotopic (exact) mass is 290 g/mol. The van der Waals surface area contributed by atoms with Crippen LogP contribution in [0.4, 0.5) is 14.5 Å². The molecule has 0 radical (unpaired) electrons. The summed E-state index contributed by atoms with van der Waals surface area (Å²) in [7, 11) is 0. The average molecular weight is 290 g/mol. The van der Waals surface area contributed by atoms with Gasteiger partial charge in [-0.3, -0.25) is 0 Å². The van der Waals surface area contributed by atoms with Gasteiger partial charge in [-0.05, 0) is 49.2 Å². The number of nitrogens with zero attached hydrogens (tertiary/aromatic N) is 1. The summed E-state index contributed by atoms with van der Waals surface area (Å²) >= 11 is 0. The Hall–Kier alpha value is -1.94. The Morgan fingerprint density at radius 3 is 2.38 bits per heavy atom. The molecule has 0 aliphatic carbocycles. The molecule has 0 saturated carbocycles. The molecular formula is C17H20F2N2. The standard InChI is InChI=1S/C17H20F2N2/c1-2-21(16-5-3-4-15(19)12-16)11-10-17(20)13-6-8-14(18)9-7-13/h3-9,12,17H,2,10-11,20H2,1H3. The van der Waals surface area contributed by atoms with Gasteiger partial charge in [0.15, 0.2) is 0 Å². The molecule has 0 fully saturated rings. The van der Waals surface area contributed by atoms with Crippen molar-refractivity contribution in [1.82, 2.24) is 0 Å². The fourth-order valence-corrected chi connectivity index (χ4v) is 2.31. The van der Waals surface area contributed by atoms with Gasteiger partial charge in [0, 0.05) is 24.8 Å². The van der Waals surface area contributed by atoms with Crippen molar-refractivity contribution in [3.63, 3.8) is 0 Å². The third kappa shape index (κ3) is 4.26. The molecule has 2 rings (SSSR count). The molecule has 0 aliphatic rings. The molecule has 0 heterocycles. The molecule has 1 atom stereocenters. The van der Waals surface area contributed by atoms with Crippen LogP contribution < -0.4 is 10.6 Å². The molecule has 1 unspecified atom stereocenters. The predicted molar refractivity (Wildman–Crippen MR) is 82.2 cm³/mol. The zero-order valence-corrected chi connectivity index (χ0v) is 12.1. The van der Waals surface area contributed by atoms with E-state index in [1.807, 2.05) is 13.0 Å². The minimum absolute atomic E-state index is 0.159. The van der Waals surface area contributed by atoms with Crippen molar-refractivity contribution in [3.8, 4) is 0 Å². The maximum absolute atomic E-state index is 13.3. The molecule has 21 heavy (non-hydrogen) atoms. The number of nitrogens with two attached hydrogens (primary N) is 1. The number of halogens is 2. The van der Waals surface area contributed by atoms with E-state index in [0.717, 1.165) is 30.8 Å². The Kier molecular flexibility index (Phi) is 5.28. The van der Waals surface area contributed by atoms with Gasteiger partial charge in [-0.2, -0.15) is 0 Å². The van der Waals surface area contributed by atoms with E-state index < -0.39 is 0 Å². The number of hydrogen-bond donors (Lipinski definition) is 1. The molecule has 0 aromatic heterocycles. The van der Waals surface area contributed by atoms with Crippen LogP contribution in [0.15, 0.2) is 48.5 Å². The van der Waals surface area contributed by atoms with Crippen LogP contribution in [0, 0.1) is 11.6 Å². The van der Waals surface area contributed by atoms with Crippen molar-refractivity contribution in [2.24, 2.45) is 5.73 Å². The first-order valence-corrected chi connectivity index (χ1v) is 7.11. The van der Waals surface area contributed by atoms with Crippen LogP contribution in [0.5, 0.6) is 0 Å². The molecule has 112 valence electrons. The van der Waals surface area contributed by atoms with Crippen molar-refractivity contribution in [2.75, 3.05) is 18.0 Å². The van der Waals surface area contributed by atoms with Crippen molar-refractivity contribution in [3.05, 3.63) is 65.7 Å². The molecule has 0 spiro atoms. The Bertz CT molecular complexity index is 569. The molecular weight excluding hydrogens is 270 g/mol. The van der Waals surface area contributed by atoms with Gasteiger partial charge in [0.05, 0.1) is 0 Å². The minimum Gasteiger partial charge on any atom is -0.372 e. The summed E-state index contributed by atoms with van der Waals surface area (Å²) in [6.07, 6.45) is 0.718. The second kappa shape index (κ2) is 7.18. The average Bonchev–Trinajstić information content (AvgIpc) is 2.48. The molecule has 2 N–H and O–H groups in total. The summed E-state index contributed by atoms with van der Waals surface area (Å²) in [5.74, 6) is -0.505. The third-order valence-electron chi connectivity index (χ3n) is 3.56. The highest BCUT2D eigenvalue weighted by molar-refractivity contribution is 5.46. The van der Waals surface area contributed by atoms with Gasteiger partial charge >= 0.3 is 0 Å². The summed E-state index contributed by atoms with van der Waals surface area (Å²) in [6.45, 7) is 3.52. The SMILES string of the molecule is CCN(CCC(N)c1ccc(F)cc1)c1cccc(F)c1. The van der Waals surface area contributed by atoms with Crippen LogP contribution in [-0.4, -0.2) is 13.1 Å². The quantitative estimate of drug-likeness (QED) is 0.874.